The van der Waals surface area contributed by atoms with Gasteiger partial charge in [-0.05, 0) is 36.4 Å². The summed E-state index contributed by atoms with van der Waals surface area (Å²) in [5.41, 5.74) is 8.04. The van der Waals surface area contributed by atoms with Crippen LogP contribution in [0.5, 0.6) is 0 Å². The minimum Gasteiger partial charge on any atom is -0.401 e. The van der Waals surface area contributed by atoms with Crippen LogP contribution in [0.4, 0.5) is 33.4 Å². The van der Waals surface area contributed by atoms with Gasteiger partial charge in [0, 0.05) is 16.8 Å². The summed E-state index contributed by atoms with van der Waals surface area (Å²) in [4.78, 5) is 24.6. The van der Waals surface area contributed by atoms with Crippen molar-refractivity contribution < 1.29 is 14.1 Å². The molecule has 0 radical (unpaired) electrons. The average molecular weight is 412 g/mol. The van der Waals surface area contributed by atoms with Gasteiger partial charge in [-0.1, -0.05) is 23.7 Å². The van der Waals surface area contributed by atoms with Crippen molar-refractivity contribution in [2.45, 2.75) is 0 Å². The first-order valence-corrected chi connectivity index (χ1v) is 8.78. The number of hydrogen-bond acceptors (Lipinski definition) is 6. The van der Waals surface area contributed by atoms with Crippen LogP contribution in [-0.4, -0.2) is 11.0 Å². The number of nitrogens with one attached hydrogen (secondary N) is 2. The quantitative estimate of drug-likeness (QED) is 0.320. The minimum atomic E-state index is -0.638. The maximum atomic E-state index is 13.0. The van der Waals surface area contributed by atoms with Gasteiger partial charge in [0.1, 0.15) is 16.5 Å². The van der Waals surface area contributed by atoms with E-state index in [9.17, 15) is 14.9 Å². The largest absolute Gasteiger partial charge is 0.433 e. The number of fused-ring (bicyclic) bond motifs is 1. The summed E-state index contributed by atoms with van der Waals surface area (Å²) in [6.07, 6.45) is 1.48. The molecule has 1 aliphatic heterocycles. The smallest absolute Gasteiger partial charge is 0.401 e. The molecule has 4 N–H and O–H groups in total. The van der Waals surface area contributed by atoms with Crippen LogP contribution in [-0.2, 0) is 0 Å². The van der Waals surface area contributed by atoms with E-state index in [4.69, 9.17) is 21.8 Å². The molecule has 0 saturated carbocycles. The van der Waals surface area contributed by atoms with Gasteiger partial charge in [-0.15, -0.1) is 0 Å². The van der Waals surface area contributed by atoms with Gasteiger partial charge in [-0.25, -0.2) is 9.69 Å². The van der Waals surface area contributed by atoms with Gasteiger partial charge in [0.25, 0.3) is 0 Å². The SMILES string of the molecule is Nc1cccc2c1NC(=Cc1ccc([N+](=O)[O-])o1)N2C(=O)Nc1cccc(Cl)c1. The normalized spacial score (nSPS) is 13.8. The fourth-order valence-electron chi connectivity index (χ4n) is 2.91. The van der Waals surface area contributed by atoms with E-state index in [1.807, 2.05) is 0 Å². The van der Waals surface area contributed by atoms with E-state index in [-0.39, 0.29) is 5.76 Å². The molecule has 2 heterocycles. The molecule has 4 rings (SSSR count). The Bertz CT molecular complexity index is 1160. The third-order valence-electron chi connectivity index (χ3n) is 4.16. The summed E-state index contributed by atoms with van der Waals surface area (Å²) in [5, 5.41) is 17.2. The zero-order valence-corrected chi connectivity index (χ0v) is 15.5. The molecule has 3 aromatic rings. The predicted molar refractivity (Wildman–Crippen MR) is 111 cm³/mol. The molecule has 0 unspecified atom stereocenters. The average Bonchev–Trinajstić information content (AvgIpc) is 3.27. The lowest BCUT2D eigenvalue weighted by molar-refractivity contribution is -0.402. The molecular weight excluding hydrogens is 398 g/mol. The van der Waals surface area contributed by atoms with Crippen LogP contribution in [0.25, 0.3) is 6.08 Å². The summed E-state index contributed by atoms with van der Waals surface area (Å²) in [6, 6.07) is 14.1. The van der Waals surface area contributed by atoms with Crippen molar-refractivity contribution in [2.24, 2.45) is 0 Å². The van der Waals surface area contributed by atoms with Crippen LogP contribution in [0.1, 0.15) is 5.76 Å². The van der Waals surface area contributed by atoms with Crippen molar-refractivity contribution >= 4 is 52.3 Å². The Hall–Kier alpha value is -3.98. The highest BCUT2D eigenvalue weighted by Crippen LogP contribution is 2.41. The van der Waals surface area contributed by atoms with Crippen LogP contribution >= 0.6 is 11.6 Å². The first kappa shape index (κ1) is 18.4. The van der Waals surface area contributed by atoms with E-state index in [1.165, 1.54) is 23.1 Å². The van der Waals surface area contributed by atoms with Crippen LogP contribution in [0.3, 0.4) is 0 Å². The molecular formula is C19H14ClN5O4. The van der Waals surface area contributed by atoms with Gasteiger partial charge in [-0.3, -0.25) is 10.1 Å². The van der Waals surface area contributed by atoms with Gasteiger partial charge in [-0.2, -0.15) is 0 Å². The zero-order chi connectivity index (χ0) is 20.5. The van der Waals surface area contributed by atoms with Gasteiger partial charge < -0.3 is 20.8 Å². The second kappa shape index (κ2) is 7.21. The van der Waals surface area contributed by atoms with Gasteiger partial charge in [0.05, 0.1) is 23.1 Å². The fraction of sp³-hybridized carbons (Fsp3) is 0. The number of carbonyl (C=O) groups excluding carboxylic acids is 1. The summed E-state index contributed by atoms with van der Waals surface area (Å²) in [5.74, 6) is 0.120. The van der Waals surface area contributed by atoms with E-state index in [0.717, 1.165) is 0 Å². The molecule has 146 valence electrons. The lowest BCUT2D eigenvalue weighted by Gasteiger charge is -2.18. The fourth-order valence-corrected chi connectivity index (χ4v) is 3.10. The highest BCUT2D eigenvalue weighted by atomic mass is 35.5. The molecule has 10 heteroatoms. The highest BCUT2D eigenvalue weighted by Gasteiger charge is 2.31. The number of nitrogen functional groups attached to an aromatic ring is 1. The molecule has 1 aliphatic rings. The molecule has 2 amide bonds. The zero-order valence-electron chi connectivity index (χ0n) is 14.8. The number of furan rings is 1. The second-order valence-corrected chi connectivity index (χ2v) is 6.54. The van der Waals surface area contributed by atoms with E-state index in [0.29, 0.717) is 33.6 Å². The Kier molecular flexibility index (Phi) is 4.57. The molecule has 29 heavy (non-hydrogen) atoms. The highest BCUT2D eigenvalue weighted by molar-refractivity contribution is 6.31. The minimum absolute atomic E-state index is 0.200. The van der Waals surface area contributed by atoms with Crippen LogP contribution in [0, 0.1) is 10.1 Å². The van der Waals surface area contributed by atoms with Gasteiger partial charge in [0.15, 0.2) is 0 Å². The van der Waals surface area contributed by atoms with E-state index in [2.05, 4.69) is 10.6 Å². The number of hydrogen-bond donors (Lipinski definition) is 3. The summed E-state index contributed by atoms with van der Waals surface area (Å²) >= 11 is 5.98. The second-order valence-electron chi connectivity index (χ2n) is 6.10. The van der Waals surface area contributed by atoms with Crippen molar-refractivity contribution in [1.29, 1.82) is 0 Å². The molecule has 1 aromatic heterocycles. The third kappa shape index (κ3) is 3.58. The number of para-hydroxylation sites is 1. The number of anilines is 4. The van der Waals surface area contributed by atoms with Crippen molar-refractivity contribution in [3.05, 3.63) is 81.3 Å². The van der Waals surface area contributed by atoms with Crippen molar-refractivity contribution in [3.8, 4) is 0 Å². The molecule has 0 aliphatic carbocycles. The number of halogens is 1. The molecule has 0 spiro atoms. The lowest BCUT2D eigenvalue weighted by Crippen LogP contribution is -2.33. The maximum Gasteiger partial charge on any atom is 0.433 e. The third-order valence-corrected chi connectivity index (χ3v) is 4.40. The number of carbonyl (C=O) groups is 1. The Labute approximate surface area is 169 Å². The Morgan fingerprint density at radius 2 is 2.03 bits per heavy atom. The first-order chi connectivity index (χ1) is 13.9. The van der Waals surface area contributed by atoms with E-state index in [1.54, 1.807) is 42.5 Å². The molecule has 0 saturated heterocycles. The lowest BCUT2D eigenvalue weighted by atomic mass is 10.2. The molecule has 0 fully saturated rings. The Balaban J connectivity index is 1.72. The Morgan fingerprint density at radius 3 is 2.76 bits per heavy atom. The number of urea groups is 1. The molecule has 9 nitrogen and oxygen atoms in total. The molecule has 0 atom stereocenters. The number of nitrogens with zero attached hydrogens (tertiary/aromatic N) is 2. The van der Waals surface area contributed by atoms with Gasteiger partial charge in [0.2, 0.25) is 0 Å². The topological polar surface area (TPSA) is 127 Å². The van der Waals surface area contributed by atoms with Crippen molar-refractivity contribution in [2.75, 3.05) is 21.3 Å². The van der Waals surface area contributed by atoms with Crippen LogP contribution < -0.4 is 21.3 Å². The first-order valence-electron chi connectivity index (χ1n) is 8.40. The predicted octanol–water partition coefficient (Wildman–Crippen LogP) is 4.89. The number of rotatable bonds is 3. The summed E-state index contributed by atoms with van der Waals surface area (Å²) in [6.45, 7) is 0. The van der Waals surface area contributed by atoms with Crippen LogP contribution in [0.2, 0.25) is 5.02 Å². The number of nitro groups is 1. The number of nitrogens with two attached hydrogens (primary N) is 1. The van der Waals surface area contributed by atoms with E-state index >= 15 is 0 Å². The van der Waals surface area contributed by atoms with Crippen LogP contribution in [0.15, 0.2) is 64.8 Å². The Morgan fingerprint density at radius 1 is 1.24 bits per heavy atom. The van der Waals surface area contributed by atoms with E-state index < -0.39 is 16.8 Å². The monoisotopic (exact) mass is 411 g/mol. The standard InChI is InChI=1S/C19H14ClN5O4/c20-11-3-1-4-12(9-11)22-19(26)24-15-6-2-5-14(21)18(15)23-16(24)10-13-7-8-17(29-13)25(27)28/h1-10,23H,21H2,(H,22,26). The van der Waals surface area contributed by atoms with Gasteiger partial charge >= 0.3 is 11.9 Å². The molecule has 0 bridgehead atoms. The summed E-state index contributed by atoms with van der Waals surface area (Å²) in [7, 11) is 0. The number of amides is 2. The molecule has 2 aromatic carbocycles. The maximum absolute atomic E-state index is 13.0. The van der Waals surface area contributed by atoms with Crippen molar-refractivity contribution in [3.63, 3.8) is 0 Å². The summed E-state index contributed by atoms with van der Waals surface area (Å²) < 4.78 is 5.18. The van der Waals surface area contributed by atoms with Crippen molar-refractivity contribution in [1.82, 2.24) is 0 Å². The number of benzene rings is 2.